The summed E-state index contributed by atoms with van der Waals surface area (Å²) >= 11 is 1.88. The van der Waals surface area contributed by atoms with E-state index in [2.05, 4.69) is 17.5 Å². The molecule has 0 spiro atoms. The molecule has 1 aromatic rings. The minimum Gasteiger partial charge on any atom is -0.330 e. The molecule has 2 unspecified atom stereocenters. The van der Waals surface area contributed by atoms with Crippen LogP contribution in [0, 0.1) is 11.8 Å². The van der Waals surface area contributed by atoms with E-state index in [-0.39, 0.29) is 0 Å². The Balaban J connectivity index is 1.94. The number of hydrogen-bond acceptors (Lipinski definition) is 2. The van der Waals surface area contributed by atoms with E-state index in [0.717, 1.165) is 18.4 Å². The highest BCUT2D eigenvalue weighted by Crippen LogP contribution is 2.34. The van der Waals surface area contributed by atoms with Crippen molar-refractivity contribution in [3.63, 3.8) is 0 Å². The standard InChI is InChI=1S/C11H17NS/c12-8-10-4-1-3-9(10)7-11-5-2-6-13-11/h2,5-6,9-10H,1,3-4,7-8,12H2. The predicted molar refractivity (Wildman–Crippen MR) is 57.9 cm³/mol. The zero-order valence-electron chi connectivity index (χ0n) is 7.91. The van der Waals surface area contributed by atoms with Crippen molar-refractivity contribution < 1.29 is 0 Å². The van der Waals surface area contributed by atoms with Gasteiger partial charge in [-0.15, -0.1) is 11.3 Å². The molecular formula is C11H17NS. The molecule has 2 rings (SSSR count). The lowest BCUT2D eigenvalue weighted by molar-refractivity contribution is 0.396. The minimum atomic E-state index is 0.794. The second-order valence-electron chi connectivity index (χ2n) is 3.97. The van der Waals surface area contributed by atoms with Gasteiger partial charge in [-0.2, -0.15) is 0 Å². The summed E-state index contributed by atoms with van der Waals surface area (Å²) in [5, 5.41) is 2.17. The van der Waals surface area contributed by atoms with E-state index in [1.165, 1.54) is 30.6 Å². The second-order valence-corrected chi connectivity index (χ2v) is 5.00. The third kappa shape index (κ3) is 2.12. The maximum absolute atomic E-state index is 5.76. The van der Waals surface area contributed by atoms with E-state index < -0.39 is 0 Å². The van der Waals surface area contributed by atoms with E-state index in [9.17, 15) is 0 Å². The van der Waals surface area contributed by atoms with Crippen molar-refractivity contribution in [1.82, 2.24) is 0 Å². The normalized spacial score (nSPS) is 28.1. The monoisotopic (exact) mass is 195 g/mol. The van der Waals surface area contributed by atoms with Crippen molar-refractivity contribution >= 4 is 11.3 Å². The van der Waals surface area contributed by atoms with Crippen molar-refractivity contribution in [2.45, 2.75) is 25.7 Å². The summed E-state index contributed by atoms with van der Waals surface area (Å²) in [5.41, 5.74) is 5.76. The van der Waals surface area contributed by atoms with Crippen molar-refractivity contribution in [2.75, 3.05) is 6.54 Å². The van der Waals surface area contributed by atoms with E-state index in [1.54, 1.807) is 0 Å². The average molecular weight is 195 g/mol. The van der Waals surface area contributed by atoms with Gasteiger partial charge in [0, 0.05) is 4.88 Å². The first-order valence-electron chi connectivity index (χ1n) is 5.12. The van der Waals surface area contributed by atoms with Gasteiger partial charge in [-0.1, -0.05) is 12.5 Å². The van der Waals surface area contributed by atoms with E-state index in [0.29, 0.717) is 0 Å². The summed E-state index contributed by atoms with van der Waals surface area (Å²) in [6.45, 7) is 0.885. The van der Waals surface area contributed by atoms with Crippen LogP contribution < -0.4 is 5.73 Å². The van der Waals surface area contributed by atoms with Crippen molar-refractivity contribution in [1.29, 1.82) is 0 Å². The topological polar surface area (TPSA) is 26.0 Å². The largest absolute Gasteiger partial charge is 0.330 e. The van der Waals surface area contributed by atoms with Crippen LogP contribution in [0.1, 0.15) is 24.1 Å². The first kappa shape index (κ1) is 9.22. The fourth-order valence-corrected chi connectivity index (χ4v) is 3.18. The molecule has 0 aliphatic heterocycles. The SMILES string of the molecule is NCC1CCCC1Cc1cccs1. The molecule has 13 heavy (non-hydrogen) atoms. The molecule has 1 aliphatic carbocycles. The maximum Gasteiger partial charge on any atom is 0.00480 e. The molecule has 0 bridgehead atoms. The Morgan fingerprint density at radius 2 is 2.23 bits per heavy atom. The molecule has 2 atom stereocenters. The van der Waals surface area contributed by atoms with Crippen LogP contribution in [-0.2, 0) is 6.42 Å². The smallest absolute Gasteiger partial charge is 0.00480 e. The van der Waals surface area contributed by atoms with Crippen LogP contribution >= 0.6 is 11.3 Å². The molecule has 2 heteroatoms. The van der Waals surface area contributed by atoms with E-state index >= 15 is 0 Å². The Morgan fingerprint density at radius 1 is 1.38 bits per heavy atom. The van der Waals surface area contributed by atoms with Crippen LogP contribution in [0.15, 0.2) is 17.5 Å². The number of nitrogens with two attached hydrogens (primary N) is 1. The highest BCUT2D eigenvalue weighted by Gasteiger charge is 2.25. The number of hydrogen-bond donors (Lipinski definition) is 1. The van der Waals surface area contributed by atoms with Crippen LogP contribution in [0.4, 0.5) is 0 Å². The molecule has 1 aromatic heterocycles. The van der Waals surface area contributed by atoms with Gasteiger partial charge in [0.15, 0.2) is 0 Å². The second kappa shape index (κ2) is 4.25. The van der Waals surface area contributed by atoms with Crippen LogP contribution in [0.3, 0.4) is 0 Å². The Labute approximate surface area is 84.0 Å². The molecule has 1 saturated carbocycles. The summed E-state index contributed by atoms with van der Waals surface area (Å²) in [6.07, 6.45) is 5.39. The zero-order chi connectivity index (χ0) is 9.10. The first-order chi connectivity index (χ1) is 6.40. The van der Waals surface area contributed by atoms with Gasteiger partial charge in [0.05, 0.1) is 0 Å². The van der Waals surface area contributed by atoms with Gasteiger partial charge in [0.2, 0.25) is 0 Å². The van der Waals surface area contributed by atoms with Gasteiger partial charge >= 0.3 is 0 Å². The van der Waals surface area contributed by atoms with Crippen LogP contribution in [0.2, 0.25) is 0 Å². The van der Waals surface area contributed by atoms with Gasteiger partial charge in [-0.25, -0.2) is 0 Å². The van der Waals surface area contributed by atoms with Gasteiger partial charge in [0.25, 0.3) is 0 Å². The molecule has 0 radical (unpaired) electrons. The fraction of sp³-hybridized carbons (Fsp3) is 0.636. The highest BCUT2D eigenvalue weighted by atomic mass is 32.1. The summed E-state index contributed by atoms with van der Waals surface area (Å²) in [6, 6.07) is 4.39. The summed E-state index contributed by atoms with van der Waals surface area (Å²) in [4.78, 5) is 1.53. The molecular weight excluding hydrogens is 178 g/mol. The molecule has 1 heterocycles. The lowest BCUT2D eigenvalue weighted by Crippen LogP contribution is -2.19. The van der Waals surface area contributed by atoms with Crippen molar-refractivity contribution in [2.24, 2.45) is 17.6 Å². The third-order valence-corrected chi connectivity index (χ3v) is 4.06. The molecule has 0 aromatic carbocycles. The lowest BCUT2D eigenvalue weighted by atomic mass is 9.92. The van der Waals surface area contributed by atoms with Crippen LogP contribution in [-0.4, -0.2) is 6.54 Å². The Hall–Kier alpha value is -0.340. The third-order valence-electron chi connectivity index (χ3n) is 3.16. The summed E-state index contributed by atoms with van der Waals surface area (Å²) in [7, 11) is 0. The predicted octanol–water partition coefficient (Wildman–Crippen LogP) is 2.67. The molecule has 1 nitrogen and oxygen atoms in total. The Bertz CT molecular complexity index is 243. The van der Waals surface area contributed by atoms with Gasteiger partial charge < -0.3 is 5.73 Å². The van der Waals surface area contributed by atoms with Crippen LogP contribution in [0.5, 0.6) is 0 Å². The van der Waals surface area contributed by atoms with E-state index in [1.807, 2.05) is 11.3 Å². The first-order valence-corrected chi connectivity index (χ1v) is 6.00. The molecule has 0 amide bonds. The maximum atomic E-state index is 5.76. The van der Waals surface area contributed by atoms with Crippen molar-refractivity contribution in [3.05, 3.63) is 22.4 Å². The number of thiophene rings is 1. The minimum absolute atomic E-state index is 0.794. The van der Waals surface area contributed by atoms with Crippen molar-refractivity contribution in [3.8, 4) is 0 Å². The van der Waals surface area contributed by atoms with Crippen LogP contribution in [0.25, 0.3) is 0 Å². The Morgan fingerprint density at radius 3 is 2.92 bits per heavy atom. The van der Waals surface area contributed by atoms with Gasteiger partial charge in [-0.05, 0) is 49.1 Å². The molecule has 0 saturated heterocycles. The van der Waals surface area contributed by atoms with E-state index in [4.69, 9.17) is 5.73 Å². The summed E-state index contributed by atoms with van der Waals surface area (Å²) in [5.74, 6) is 1.66. The Kier molecular flexibility index (Phi) is 3.01. The van der Waals surface area contributed by atoms with Gasteiger partial charge in [-0.3, -0.25) is 0 Å². The lowest BCUT2D eigenvalue weighted by Gasteiger charge is -2.16. The average Bonchev–Trinajstić information content (AvgIpc) is 2.76. The zero-order valence-corrected chi connectivity index (χ0v) is 8.72. The number of rotatable bonds is 3. The van der Waals surface area contributed by atoms with Gasteiger partial charge in [0.1, 0.15) is 0 Å². The molecule has 2 N–H and O–H groups in total. The molecule has 1 fully saturated rings. The summed E-state index contributed by atoms with van der Waals surface area (Å²) < 4.78 is 0. The molecule has 72 valence electrons. The quantitative estimate of drug-likeness (QED) is 0.788. The molecule has 1 aliphatic rings. The fourth-order valence-electron chi connectivity index (χ4n) is 2.38. The highest BCUT2D eigenvalue weighted by molar-refractivity contribution is 7.09.